The zero-order valence-electron chi connectivity index (χ0n) is 11.2. The fourth-order valence-corrected chi connectivity index (χ4v) is 2.08. The van der Waals surface area contributed by atoms with Gasteiger partial charge in [0, 0.05) is 45.1 Å². The predicted octanol–water partition coefficient (Wildman–Crippen LogP) is -0.451. The fourth-order valence-electron chi connectivity index (χ4n) is 2.08. The molecule has 1 amide bonds. The molecule has 0 radical (unpaired) electrons. The van der Waals surface area contributed by atoms with E-state index < -0.39 is 0 Å². The van der Waals surface area contributed by atoms with E-state index >= 15 is 0 Å². The highest BCUT2D eigenvalue weighted by atomic mass is 16.2. The van der Waals surface area contributed by atoms with Crippen LogP contribution in [0.3, 0.4) is 0 Å². The minimum absolute atomic E-state index is 0.256. The highest BCUT2D eigenvalue weighted by Gasteiger charge is 2.26. The number of nitrogens with one attached hydrogen (secondary N) is 2. The third-order valence-electron chi connectivity index (χ3n) is 3.16. The molecule has 5 heteroatoms. The molecule has 104 valence electrons. The van der Waals surface area contributed by atoms with Crippen LogP contribution in [0.5, 0.6) is 0 Å². The monoisotopic (exact) mass is 254 g/mol. The average Bonchev–Trinajstić information content (AvgIpc) is 2.73. The van der Waals surface area contributed by atoms with E-state index in [1.165, 1.54) is 0 Å². The van der Waals surface area contributed by atoms with Crippen LogP contribution in [0.1, 0.15) is 12.8 Å². The van der Waals surface area contributed by atoms with Crippen molar-refractivity contribution < 1.29 is 4.79 Å². The van der Waals surface area contributed by atoms with Gasteiger partial charge in [-0.2, -0.15) is 0 Å². The fraction of sp³-hybridized carbons (Fsp3) is 0.769. The summed E-state index contributed by atoms with van der Waals surface area (Å²) < 4.78 is 0. The smallest absolute Gasteiger partial charge is 0.223 e. The SMILES string of the molecule is C=CC1CC(=O)N(CCNCCCNCCN)C1. The maximum Gasteiger partial charge on any atom is 0.223 e. The minimum Gasteiger partial charge on any atom is -0.341 e. The van der Waals surface area contributed by atoms with Crippen LogP contribution in [-0.4, -0.2) is 56.6 Å². The number of nitrogens with zero attached hydrogens (tertiary/aromatic N) is 1. The Morgan fingerprint density at radius 2 is 2.06 bits per heavy atom. The van der Waals surface area contributed by atoms with Crippen LogP contribution in [0.2, 0.25) is 0 Å². The molecule has 0 bridgehead atoms. The van der Waals surface area contributed by atoms with Gasteiger partial charge in [-0.15, -0.1) is 6.58 Å². The standard InChI is InChI=1S/C13H26N4O/c1-2-12-10-13(18)17(11-12)9-8-16-6-3-5-15-7-4-14/h2,12,15-16H,1,3-11,14H2. The predicted molar refractivity (Wildman–Crippen MR) is 74.3 cm³/mol. The Kier molecular flexibility index (Phi) is 7.64. The van der Waals surface area contributed by atoms with E-state index in [0.29, 0.717) is 18.9 Å². The molecule has 0 aliphatic carbocycles. The summed E-state index contributed by atoms with van der Waals surface area (Å²) in [6, 6.07) is 0. The lowest BCUT2D eigenvalue weighted by Crippen LogP contribution is -2.34. The van der Waals surface area contributed by atoms with Crippen LogP contribution < -0.4 is 16.4 Å². The van der Waals surface area contributed by atoms with Gasteiger partial charge < -0.3 is 21.3 Å². The number of carbonyl (C=O) groups is 1. The molecule has 5 nitrogen and oxygen atoms in total. The molecule has 1 rings (SSSR count). The van der Waals surface area contributed by atoms with Gasteiger partial charge in [-0.3, -0.25) is 4.79 Å². The van der Waals surface area contributed by atoms with Gasteiger partial charge in [-0.05, 0) is 19.5 Å². The van der Waals surface area contributed by atoms with Gasteiger partial charge in [0.1, 0.15) is 0 Å². The largest absolute Gasteiger partial charge is 0.341 e. The molecule has 0 aromatic heterocycles. The lowest BCUT2D eigenvalue weighted by atomic mass is 10.1. The van der Waals surface area contributed by atoms with Crippen LogP contribution in [0.4, 0.5) is 0 Å². The van der Waals surface area contributed by atoms with Crippen LogP contribution >= 0.6 is 0 Å². The number of rotatable bonds is 10. The van der Waals surface area contributed by atoms with Crippen molar-refractivity contribution in [3.63, 3.8) is 0 Å². The maximum atomic E-state index is 11.6. The van der Waals surface area contributed by atoms with Crippen LogP contribution in [0.15, 0.2) is 12.7 Å². The third-order valence-corrected chi connectivity index (χ3v) is 3.16. The zero-order chi connectivity index (χ0) is 13.2. The van der Waals surface area contributed by atoms with Gasteiger partial charge >= 0.3 is 0 Å². The summed E-state index contributed by atoms with van der Waals surface area (Å²) in [4.78, 5) is 13.5. The van der Waals surface area contributed by atoms with E-state index in [4.69, 9.17) is 5.73 Å². The highest BCUT2D eigenvalue weighted by molar-refractivity contribution is 5.78. The lowest BCUT2D eigenvalue weighted by Gasteiger charge is -2.16. The van der Waals surface area contributed by atoms with Gasteiger partial charge in [-0.1, -0.05) is 6.08 Å². The molecular weight excluding hydrogens is 228 g/mol. The van der Waals surface area contributed by atoms with E-state index in [0.717, 1.165) is 45.7 Å². The molecule has 1 aliphatic rings. The Balaban J connectivity index is 1.95. The van der Waals surface area contributed by atoms with Gasteiger partial charge in [-0.25, -0.2) is 0 Å². The Morgan fingerprint density at radius 3 is 2.67 bits per heavy atom. The summed E-state index contributed by atoms with van der Waals surface area (Å²) in [5.74, 6) is 0.601. The van der Waals surface area contributed by atoms with Gasteiger partial charge in [0.2, 0.25) is 5.91 Å². The first kappa shape index (κ1) is 15.1. The van der Waals surface area contributed by atoms with Gasteiger partial charge in [0.25, 0.3) is 0 Å². The number of hydrogen-bond acceptors (Lipinski definition) is 4. The number of carbonyl (C=O) groups excluding carboxylic acids is 1. The number of likely N-dealkylation sites (tertiary alicyclic amines) is 1. The Labute approximate surface area is 110 Å². The molecule has 0 aromatic carbocycles. The number of nitrogens with two attached hydrogens (primary N) is 1. The molecule has 1 fully saturated rings. The van der Waals surface area contributed by atoms with E-state index in [9.17, 15) is 4.79 Å². The van der Waals surface area contributed by atoms with Crippen molar-refractivity contribution >= 4 is 5.91 Å². The molecule has 0 aromatic rings. The quantitative estimate of drug-likeness (QED) is 0.365. The van der Waals surface area contributed by atoms with E-state index in [2.05, 4.69) is 17.2 Å². The molecule has 0 spiro atoms. The Hall–Kier alpha value is -0.910. The summed E-state index contributed by atoms with van der Waals surface area (Å²) in [7, 11) is 0. The van der Waals surface area contributed by atoms with Crippen molar-refractivity contribution in [3.05, 3.63) is 12.7 Å². The van der Waals surface area contributed by atoms with E-state index in [1.807, 2.05) is 11.0 Å². The van der Waals surface area contributed by atoms with Crippen molar-refractivity contribution in [2.75, 3.05) is 45.8 Å². The molecule has 4 N–H and O–H groups in total. The van der Waals surface area contributed by atoms with Crippen molar-refractivity contribution in [1.82, 2.24) is 15.5 Å². The van der Waals surface area contributed by atoms with Gasteiger partial charge in [0.15, 0.2) is 0 Å². The normalized spacial score (nSPS) is 19.5. The summed E-state index contributed by atoms with van der Waals surface area (Å²) in [6.07, 6.45) is 3.60. The second-order valence-corrected chi connectivity index (χ2v) is 4.68. The molecular formula is C13H26N4O. The van der Waals surface area contributed by atoms with Crippen molar-refractivity contribution in [2.24, 2.45) is 11.7 Å². The number of amides is 1. The molecule has 1 unspecified atom stereocenters. The molecule has 1 aliphatic heterocycles. The first-order valence-corrected chi connectivity index (χ1v) is 6.79. The van der Waals surface area contributed by atoms with Crippen molar-refractivity contribution in [2.45, 2.75) is 12.8 Å². The second kappa shape index (κ2) is 9.08. The second-order valence-electron chi connectivity index (χ2n) is 4.68. The molecule has 1 atom stereocenters. The maximum absolute atomic E-state index is 11.6. The molecule has 1 saturated heterocycles. The summed E-state index contributed by atoms with van der Waals surface area (Å²) in [5, 5.41) is 6.60. The Morgan fingerprint density at radius 1 is 1.33 bits per heavy atom. The summed E-state index contributed by atoms with van der Waals surface area (Å²) in [6.45, 7) is 9.79. The first-order valence-electron chi connectivity index (χ1n) is 6.79. The van der Waals surface area contributed by atoms with Crippen LogP contribution in [-0.2, 0) is 4.79 Å². The van der Waals surface area contributed by atoms with Gasteiger partial charge in [0.05, 0.1) is 0 Å². The molecule has 18 heavy (non-hydrogen) atoms. The van der Waals surface area contributed by atoms with Crippen LogP contribution in [0.25, 0.3) is 0 Å². The minimum atomic E-state index is 0.256. The summed E-state index contributed by atoms with van der Waals surface area (Å²) in [5.41, 5.74) is 5.37. The summed E-state index contributed by atoms with van der Waals surface area (Å²) >= 11 is 0. The van der Waals surface area contributed by atoms with Crippen molar-refractivity contribution in [1.29, 1.82) is 0 Å². The lowest BCUT2D eigenvalue weighted by molar-refractivity contribution is -0.127. The topological polar surface area (TPSA) is 70.4 Å². The molecule has 0 saturated carbocycles. The Bertz CT molecular complexity index is 257. The zero-order valence-corrected chi connectivity index (χ0v) is 11.2. The van der Waals surface area contributed by atoms with E-state index in [1.54, 1.807) is 0 Å². The van der Waals surface area contributed by atoms with Crippen LogP contribution in [0, 0.1) is 5.92 Å². The first-order chi connectivity index (χ1) is 8.77. The third kappa shape index (κ3) is 5.62. The molecule has 1 heterocycles. The number of hydrogen-bond donors (Lipinski definition) is 3. The van der Waals surface area contributed by atoms with E-state index in [-0.39, 0.29) is 5.91 Å². The highest BCUT2D eigenvalue weighted by Crippen LogP contribution is 2.17. The average molecular weight is 254 g/mol. The van der Waals surface area contributed by atoms with Crippen molar-refractivity contribution in [3.8, 4) is 0 Å².